The zero-order valence-electron chi connectivity index (χ0n) is 34.2. The minimum atomic E-state index is -4.34. The number of benzene rings is 3. The molecular weight excluding hydrogens is 815 g/mol. The predicted octanol–water partition coefficient (Wildman–Crippen LogP) is 6.77. The Morgan fingerprint density at radius 3 is 2.59 bits per heavy atom. The van der Waals surface area contributed by atoms with Gasteiger partial charge in [-0.15, -0.1) is 11.3 Å². The molecule has 1 saturated carbocycles. The molecule has 2 fully saturated rings. The first kappa shape index (κ1) is 41.7. The van der Waals surface area contributed by atoms with Crippen molar-refractivity contribution in [2.24, 2.45) is 5.92 Å². The van der Waals surface area contributed by atoms with E-state index in [1.54, 1.807) is 55.6 Å². The average molecular weight is 864 g/mol. The van der Waals surface area contributed by atoms with Crippen LogP contribution in [0.3, 0.4) is 0 Å². The van der Waals surface area contributed by atoms with E-state index < -0.39 is 45.4 Å². The number of pyridine rings is 1. The normalized spacial score (nSPS) is 23.0. The molecule has 4 heterocycles. The maximum absolute atomic E-state index is 14.7. The van der Waals surface area contributed by atoms with Gasteiger partial charge in [0.25, 0.3) is 21.8 Å². The molecule has 4 atom stereocenters. The van der Waals surface area contributed by atoms with E-state index in [9.17, 15) is 22.8 Å². The van der Waals surface area contributed by atoms with E-state index in [0.29, 0.717) is 51.6 Å². The van der Waals surface area contributed by atoms with Crippen LogP contribution in [0.1, 0.15) is 62.7 Å². The van der Waals surface area contributed by atoms with Gasteiger partial charge in [0, 0.05) is 53.4 Å². The van der Waals surface area contributed by atoms with Gasteiger partial charge in [0.2, 0.25) is 5.91 Å². The summed E-state index contributed by atoms with van der Waals surface area (Å²) in [5.41, 5.74) is 1.05. The van der Waals surface area contributed by atoms with E-state index in [-0.39, 0.29) is 36.2 Å². The SMILES string of the molecule is COc1ccc2c(O[C@@H]3C[C@@H](C(=O)N[C@]45C[C@H]4/C=C\CCCCCNc4ccccc4S(=O)(=O)NC5=O)N(C(=O)c4ccccc4)C3)cc(-c3csc(NC(C)C)n3)nc2c1. The highest BCUT2D eigenvalue weighted by atomic mass is 32.2. The number of likely N-dealkylation sites (tertiary alicyclic amines) is 1. The highest BCUT2D eigenvalue weighted by Gasteiger charge is 2.61. The molecule has 0 bridgehead atoms. The van der Waals surface area contributed by atoms with Gasteiger partial charge in [0.15, 0.2) is 5.13 Å². The average Bonchev–Trinajstić information content (AvgIpc) is 3.51. The van der Waals surface area contributed by atoms with Crippen LogP contribution in [0.5, 0.6) is 11.5 Å². The lowest BCUT2D eigenvalue weighted by Gasteiger charge is -2.26. The number of hydrogen-bond acceptors (Lipinski definition) is 12. The molecule has 3 amide bonds. The Balaban J connectivity index is 1.10. The number of ether oxygens (including phenoxy) is 2. The highest BCUT2D eigenvalue weighted by molar-refractivity contribution is 7.90. The summed E-state index contributed by atoms with van der Waals surface area (Å²) in [6, 6.07) is 21.5. The largest absolute Gasteiger partial charge is 0.497 e. The zero-order valence-corrected chi connectivity index (χ0v) is 35.9. The molecule has 5 aromatic rings. The monoisotopic (exact) mass is 863 g/mol. The molecule has 61 heavy (non-hydrogen) atoms. The van der Waals surface area contributed by atoms with Crippen molar-refractivity contribution in [1.29, 1.82) is 0 Å². The Hall–Kier alpha value is -6.00. The molecule has 3 aromatic carbocycles. The van der Waals surface area contributed by atoms with Crippen LogP contribution < -0.4 is 30.1 Å². The Morgan fingerprint density at radius 1 is 0.984 bits per heavy atom. The van der Waals surface area contributed by atoms with Crippen molar-refractivity contribution in [1.82, 2.24) is 24.9 Å². The fourth-order valence-electron chi connectivity index (χ4n) is 7.97. The minimum Gasteiger partial charge on any atom is -0.497 e. The predicted molar refractivity (Wildman–Crippen MR) is 235 cm³/mol. The molecule has 1 saturated heterocycles. The number of sulfonamides is 1. The van der Waals surface area contributed by atoms with E-state index in [4.69, 9.17) is 19.4 Å². The number of thiazole rings is 1. The van der Waals surface area contributed by atoms with Crippen molar-refractivity contribution in [3.05, 3.63) is 102 Å². The van der Waals surface area contributed by atoms with Crippen molar-refractivity contribution in [2.75, 3.05) is 30.8 Å². The number of methoxy groups -OCH3 is 1. The summed E-state index contributed by atoms with van der Waals surface area (Å²) in [6.45, 7) is 4.71. The van der Waals surface area contributed by atoms with Gasteiger partial charge in [-0.1, -0.05) is 48.9 Å². The molecule has 2 aromatic heterocycles. The second-order valence-corrected chi connectivity index (χ2v) is 18.5. The molecule has 0 unspecified atom stereocenters. The summed E-state index contributed by atoms with van der Waals surface area (Å²) in [4.78, 5) is 54.2. The van der Waals surface area contributed by atoms with Gasteiger partial charge < -0.3 is 30.3 Å². The lowest BCUT2D eigenvalue weighted by atomic mass is 10.1. The number of amides is 3. The van der Waals surface area contributed by atoms with Crippen molar-refractivity contribution >= 4 is 60.8 Å². The Morgan fingerprint density at radius 2 is 1.79 bits per heavy atom. The topological polar surface area (TPSA) is 181 Å². The number of nitrogens with one attached hydrogen (secondary N) is 4. The van der Waals surface area contributed by atoms with E-state index in [1.807, 2.05) is 55.6 Å². The van der Waals surface area contributed by atoms with E-state index in [2.05, 4.69) is 20.7 Å². The van der Waals surface area contributed by atoms with Gasteiger partial charge in [-0.2, -0.15) is 0 Å². The number of allylic oxidation sites excluding steroid dienone is 1. The number of nitrogens with zero attached hydrogens (tertiary/aromatic N) is 3. The molecule has 2 aliphatic heterocycles. The van der Waals surface area contributed by atoms with Crippen LogP contribution in [0.2, 0.25) is 0 Å². The number of anilines is 2. The first-order chi connectivity index (χ1) is 29.4. The standard InChI is InChI=1S/C45H49N7O7S2/c1-28(2)47-44-49-37(27-60-44)36-24-39(33-20-19-31(58-3)22-35(33)48-36)59-32-23-38(52(26-32)42(54)29-14-8-7-9-15-29)41(53)50-45-25-30(45)16-10-5-4-6-13-21-46-34-17-11-12-18-40(34)61(56,57)51-43(45)55/h7-12,14-20,22,24,27-28,30,32,38,46H,4-6,13,21,23,25-26H2,1-3H3,(H,47,49)(H,50,53)(H,51,55)/b16-10-/t30-,32-,38+,45-/m1/s1. The third-order valence-corrected chi connectivity index (χ3v) is 13.4. The van der Waals surface area contributed by atoms with Crippen molar-refractivity contribution in [3.8, 4) is 22.9 Å². The second-order valence-electron chi connectivity index (χ2n) is 15.9. The zero-order chi connectivity index (χ0) is 42.7. The summed E-state index contributed by atoms with van der Waals surface area (Å²) in [5, 5.41) is 12.9. The molecule has 0 radical (unpaired) electrons. The number of para-hydroxylation sites is 1. The smallest absolute Gasteiger partial charge is 0.266 e. The van der Waals surface area contributed by atoms with Crippen LogP contribution >= 0.6 is 11.3 Å². The van der Waals surface area contributed by atoms with Gasteiger partial charge in [-0.25, -0.2) is 23.1 Å². The maximum atomic E-state index is 14.7. The van der Waals surface area contributed by atoms with Crippen LogP contribution in [0, 0.1) is 5.92 Å². The summed E-state index contributed by atoms with van der Waals surface area (Å²) in [5.74, 6) is -1.17. The third-order valence-electron chi connectivity index (χ3n) is 11.2. The van der Waals surface area contributed by atoms with Gasteiger partial charge in [-0.3, -0.25) is 14.4 Å². The van der Waals surface area contributed by atoms with Gasteiger partial charge >= 0.3 is 0 Å². The van der Waals surface area contributed by atoms with Crippen molar-refractivity contribution < 1.29 is 32.3 Å². The third kappa shape index (κ3) is 9.05. The molecule has 14 nitrogen and oxygen atoms in total. The van der Waals surface area contributed by atoms with Gasteiger partial charge in [0.05, 0.1) is 30.6 Å². The van der Waals surface area contributed by atoms with Crippen molar-refractivity contribution in [2.45, 2.75) is 81.0 Å². The lowest BCUT2D eigenvalue weighted by Crippen LogP contribution is -2.56. The number of carbonyl (C=O) groups is 3. The molecule has 318 valence electrons. The molecular formula is C45H49N7O7S2. The summed E-state index contributed by atoms with van der Waals surface area (Å²) < 4.78 is 42.2. The van der Waals surface area contributed by atoms with E-state index >= 15 is 0 Å². The Labute approximate surface area is 359 Å². The number of hydrogen-bond donors (Lipinski definition) is 4. The first-order valence-electron chi connectivity index (χ1n) is 20.6. The summed E-state index contributed by atoms with van der Waals surface area (Å²) in [7, 11) is -2.76. The molecule has 4 N–H and O–H groups in total. The van der Waals surface area contributed by atoms with Crippen LogP contribution in [-0.4, -0.2) is 84.9 Å². The number of carbonyl (C=O) groups excluding carboxylic acids is 3. The Bertz CT molecular complexity index is 2580. The summed E-state index contributed by atoms with van der Waals surface area (Å²) >= 11 is 1.47. The van der Waals surface area contributed by atoms with E-state index in [1.165, 1.54) is 22.3 Å². The maximum Gasteiger partial charge on any atom is 0.266 e. The number of fused-ring (bicyclic) bond motifs is 3. The van der Waals surface area contributed by atoms with Crippen LogP contribution in [0.25, 0.3) is 22.3 Å². The van der Waals surface area contributed by atoms with Gasteiger partial charge in [-0.05, 0) is 75.9 Å². The summed E-state index contributed by atoms with van der Waals surface area (Å²) in [6.07, 6.45) is 6.96. The van der Waals surface area contributed by atoms with Gasteiger partial charge in [0.1, 0.15) is 39.8 Å². The van der Waals surface area contributed by atoms with E-state index in [0.717, 1.165) is 30.8 Å². The molecule has 16 heteroatoms. The van der Waals surface area contributed by atoms with Crippen molar-refractivity contribution in [3.63, 3.8) is 0 Å². The van der Waals surface area contributed by atoms with Crippen LogP contribution in [0.4, 0.5) is 10.8 Å². The molecule has 3 aliphatic rings. The highest BCUT2D eigenvalue weighted by Crippen LogP contribution is 2.46. The molecule has 0 spiro atoms. The quantitative estimate of drug-likeness (QED) is 0.115. The fourth-order valence-corrected chi connectivity index (χ4v) is 10.0. The van der Waals surface area contributed by atoms with Crippen LogP contribution in [0.15, 0.2) is 101 Å². The number of rotatable bonds is 9. The van der Waals surface area contributed by atoms with Crippen LogP contribution in [-0.2, 0) is 19.6 Å². The second kappa shape index (κ2) is 17.5. The fraction of sp³-hybridized carbons (Fsp3) is 0.356. The Kier molecular flexibility index (Phi) is 12.0. The lowest BCUT2D eigenvalue weighted by molar-refractivity contribution is -0.131. The first-order valence-corrected chi connectivity index (χ1v) is 22.9. The minimum absolute atomic E-state index is 0.0565. The molecule has 8 rings (SSSR count). The molecule has 1 aliphatic carbocycles. The number of aromatic nitrogens is 2.